The minimum absolute atomic E-state index is 0. The first-order chi connectivity index (χ1) is 6.95. The van der Waals surface area contributed by atoms with E-state index in [9.17, 15) is 0 Å². The minimum Gasteiger partial charge on any atom is -0.370 e. The van der Waals surface area contributed by atoms with Crippen LogP contribution in [0.1, 0.15) is 12.8 Å². The Morgan fingerprint density at radius 1 is 1.40 bits per heavy atom. The summed E-state index contributed by atoms with van der Waals surface area (Å²) in [5.74, 6) is 1.71. The van der Waals surface area contributed by atoms with Gasteiger partial charge < -0.3 is 10.6 Å². The second-order valence-electron chi connectivity index (χ2n) is 3.67. The lowest BCUT2D eigenvalue weighted by Gasteiger charge is -2.22. The van der Waals surface area contributed by atoms with E-state index in [4.69, 9.17) is 0 Å². The van der Waals surface area contributed by atoms with Crippen molar-refractivity contribution in [2.45, 2.75) is 12.8 Å². The molecule has 0 unspecified atom stereocenters. The Bertz CT molecular complexity index is 261. The van der Waals surface area contributed by atoms with E-state index in [1.54, 1.807) is 12.5 Å². The van der Waals surface area contributed by atoms with Gasteiger partial charge in [-0.3, -0.25) is 0 Å². The fourth-order valence-corrected chi connectivity index (χ4v) is 1.73. The monoisotopic (exact) mass is 228 g/mol. The van der Waals surface area contributed by atoms with Crippen LogP contribution < -0.4 is 10.6 Å². The zero-order valence-corrected chi connectivity index (χ0v) is 9.46. The molecule has 15 heavy (non-hydrogen) atoms. The van der Waals surface area contributed by atoms with Crippen LogP contribution in [-0.2, 0) is 0 Å². The molecule has 2 rings (SSSR count). The summed E-state index contributed by atoms with van der Waals surface area (Å²) in [6.07, 6.45) is 5.86. The molecular formula is C10H17ClN4. The molecule has 5 heteroatoms. The average Bonchev–Trinajstić information content (AvgIpc) is 2.29. The smallest absolute Gasteiger partial charge is 0.129 e. The van der Waals surface area contributed by atoms with Crippen LogP contribution in [0.15, 0.2) is 18.6 Å². The van der Waals surface area contributed by atoms with Crippen LogP contribution >= 0.6 is 12.4 Å². The molecule has 1 aromatic rings. The first-order valence-corrected chi connectivity index (χ1v) is 5.16. The molecule has 0 aromatic carbocycles. The van der Waals surface area contributed by atoms with E-state index in [1.165, 1.54) is 12.8 Å². The summed E-state index contributed by atoms with van der Waals surface area (Å²) in [5.41, 5.74) is 0. The quantitative estimate of drug-likeness (QED) is 0.819. The molecule has 84 valence electrons. The maximum atomic E-state index is 4.13. The standard InChI is InChI=1S/C10H16N4.ClH/c1-4-11-5-2-9(1)7-13-10-3-6-12-8-14-10;/h3,6,8-9,11H,1-2,4-5,7H2,(H,12,13,14);1H. The molecule has 2 N–H and O–H groups in total. The Balaban J connectivity index is 0.00000112. The van der Waals surface area contributed by atoms with Gasteiger partial charge in [-0.25, -0.2) is 9.97 Å². The molecule has 0 radical (unpaired) electrons. The SMILES string of the molecule is Cl.c1cc(NCC2CCNCC2)ncn1. The lowest BCUT2D eigenvalue weighted by atomic mass is 9.98. The highest BCUT2D eigenvalue weighted by molar-refractivity contribution is 5.85. The molecule has 1 aliphatic heterocycles. The topological polar surface area (TPSA) is 49.8 Å². The van der Waals surface area contributed by atoms with Crippen LogP contribution in [0.5, 0.6) is 0 Å². The van der Waals surface area contributed by atoms with Crippen LogP contribution in [0, 0.1) is 5.92 Å². The summed E-state index contributed by atoms with van der Waals surface area (Å²) in [6.45, 7) is 3.32. The predicted octanol–water partition coefficient (Wildman–Crippen LogP) is 1.31. The normalized spacial score (nSPS) is 16.8. The molecule has 1 fully saturated rings. The number of piperidine rings is 1. The number of nitrogens with one attached hydrogen (secondary N) is 2. The lowest BCUT2D eigenvalue weighted by Crippen LogP contribution is -2.31. The number of hydrogen-bond acceptors (Lipinski definition) is 4. The highest BCUT2D eigenvalue weighted by atomic mass is 35.5. The number of nitrogens with zero attached hydrogens (tertiary/aromatic N) is 2. The van der Waals surface area contributed by atoms with Gasteiger partial charge in [-0.1, -0.05) is 0 Å². The summed E-state index contributed by atoms with van der Waals surface area (Å²) < 4.78 is 0. The van der Waals surface area contributed by atoms with Gasteiger partial charge in [0.15, 0.2) is 0 Å². The van der Waals surface area contributed by atoms with Crippen molar-refractivity contribution in [2.75, 3.05) is 25.0 Å². The lowest BCUT2D eigenvalue weighted by molar-refractivity contribution is 0.389. The molecule has 4 nitrogen and oxygen atoms in total. The summed E-state index contributed by atoms with van der Waals surface area (Å²) >= 11 is 0. The summed E-state index contributed by atoms with van der Waals surface area (Å²) in [4.78, 5) is 8.00. The van der Waals surface area contributed by atoms with Crippen molar-refractivity contribution in [3.63, 3.8) is 0 Å². The van der Waals surface area contributed by atoms with Gasteiger partial charge >= 0.3 is 0 Å². The summed E-state index contributed by atoms with van der Waals surface area (Å²) in [6, 6.07) is 1.90. The third-order valence-corrected chi connectivity index (χ3v) is 2.61. The Labute approximate surface area is 96.3 Å². The van der Waals surface area contributed by atoms with E-state index >= 15 is 0 Å². The molecule has 0 amide bonds. The van der Waals surface area contributed by atoms with Crippen molar-refractivity contribution in [1.82, 2.24) is 15.3 Å². The van der Waals surface area contributed by atoms with Gasteiger partial charge in [-0.2, -0.15) is 0 Å². The minimum atomic E-state index is 0. The molecule has 1 saturated heterocycles. The Morgan fingerprint density at radius 2 is 2.20 bits per heavy atom. The highest BCUT2D eigenvalue weighted by Gasteiger charge is 2.12. The van der Waals surface area contributed by atoms with Gasteiger partial charge in [0.25, 0.3) is 0 Å². The zero-order valence-electron chi connectivity index (χ0n) is 8.65. The van der Waals surface area contributed by atoms with Crippen LogP contribution in [0.2, 0.25) is 0 Å². The number of halogens is 1. The van der Waals surface area contributed by atoms with E-state index in [0.717, 1.165) is 31.4 Å². The van der Waals surface area contributed by atoms with Crippen molar-refractivity contribution in [2.24, 2.45) is 5.92 Å². The first kappa shape index (κ1) is 12.2. The van der Waals surface area contributed by atoms with Gasteiger partial charge in [-0.15, -0.1) is 12.4 Å². The molecular weight excluding hydrogens is 212 g/mol. The van der Waals surface area contributed by atoms with Crippen molar-refractivity contribution in [1.29, 1.82) is 0 Å². The Hall–Kier alpha value is -0.870. The van der Waals surface area contributed by atoms with Gasteiger partial charge in [0.1, 0.15) is 12.1 Å². The summed E-state index contributed by atoms with van der Waals surface area (Å²) in [5, 5.41) is 6.69. The fourth-order valence-electron chi connectivity index (χ4n) is 1.73. The molecule has 0 atom stereocenters. The second-order valence-corrected chi connectivity index (χ2v) is 3.67. The van der Waals surface area contributed by atoms with Crippen molar-refractivity contribution in [3.05, 3.63) is 18.6 Å². The fraction of sp³-hybridized carbons (Fsp3) is 0.600. The van der Waals surface area contributed by atoms with E-state index in [1.807, 2.05) is 6.07 Å². The molecule has 1 aliphatic rings. The van der Waals surface area contributed by atoms with Crippen LogP contribution in [0.4, 0.5) is 5.82 Å². The Kier molecular flexibility index (Phi) is 5.36. The third kappa shape index (κ3) is 4.01. The van der Waals surface area contributed by atoms with Gasteiger partial charge in [0.05, 0.1) is 0 Å². The second kappa shape index (κ2) is 6.58. The van der Waals surface area contributed by atoms with Gasteiger partial charge in [0.2, 0.25) is 0 Å². The largest absolute Gasteiger partial charge is 0.370 e. The zero-order chi connectivity index (χ0) is 9.64. The van der Waals surface area contributed by atoms with Gasteiger partial charge in [0, 0.05) is 12.7 Å². The number of aromatic nitrogens is 2. The van der Waals surface area contributed by atoms with Gasteiger partial charge in [-0.05, 0) is 37.9 Å². The molecule has 1 aromatic heterocycles. The van der Waals surface area contributed by atoms with Crippen molar-refractivity contribution < 1.29 is 0 Å². The van der Waals surface area contributed by atoms with E-state index < -0.39 is 0 Å². The average molecular weight is 229 g/mol. The Morgan fingerprint density at radius 3 is 2.87 bits per heavy atom. The van der Waals surface area contributed by atoms with Crippen LogP contribution in [-0.4, -0.2) is 29.6 Å². The molecule has 0 aliphatic carbocycles. The van der Waals surface area contributed by atoms with E-state index in [0.29, 0.717) is 0 Å². The van der Waals surface area contributed by atoms with E-state index in [2.05, 4.69) is 20.6 Å². The maximum absolute atomic E-state index is 4.13. The third-order valence-electron chi connectivity index (χ3n) is 2.61. The predicted molar refractivity (Wildman–Crippen MR) is 63.4 cm³/mol. The number of anilines is 1. The molecule has 0 saturated carbocycles. The molecule has 0 spiro atoms. The maximum Gasteiger partial charge on any atom is 0.129 e. The number of hydrogen-bond donors (Lipinski definition) is 2. The van der Waals surface area contributed by atoms with Crippen molar-refractivity contribution in [3.8, 4) is 0 Å². The summed E-state index contributed by atoms with van der Waals surface area (Å²) in [7, 11) is 0. The van der Waals surface area contributed by atoms with Crippen LogP contribution in [0.25, 0.3) is 0 Å². The molecule has 0 bridgehead atoms. The number of rotatable bonds is 3. The van der Waals surface area contributed by atoms with Crippen LogP contribution in [0.3, 0.4) is 0 Å². The highest BCUT2D eigenvalue weighted by Crippen LogP contribution is 2.12. The van der Waals surface area contributed by atoms with Crippen molar-refractivity contribution >= 4 is 18.2 Å². The van der Waals surface area contributed by atoms with E-state index in [-0.39, 0.29) is 12.4 Å². The molecule has 2 heterocycles. The first-order valence-electron chi connectivity index (χ1n) is 5.16.